The Hall–Kier alpha value is -1.43. The maximum atomic E-state index is 10.7. The predicted molar refractivity (Wildman–Crippen MR) is 79.9 cm³/mol. The van der Waals surface area contributed by atoms with Gasteiger partial charge in [-0.15, -0.1) is 0 Å². The highest BCUT2D eigenvalue weighted by atomic mass is 16.5. The Morgan fingerprint density at radius 3 is 2.76 bits per heavy atom. The highest BCUT2D eigenvalue weighted by Gasteiger charge is 2.12. The van der Waals surface area contributed by atoms with Crippen molar-refractivity contribution < 1.29 is 14.4 Å². The van der Waals surface area contributed by atoms with Gasteiger partial charge in [0, 0.05) is 12.5 Å². The summed E-state index contributed by atoms with van der Waals surface area (Å²) >= 11 is 0. The van der Waals surface area contributed by atoms with Crippen LogP contribution in [0.5, 0.6) is 0 Å². The van der Waals surface area contributed by atoms with Crippen LogP contribution in [0.2, 0.25) is 0 Å². The molecule has 6 nitrogen and oxygen atoms in total. The first kappa shape index (κ1) is 17.6. The summed E-state index contributed by atoms with van der Waals surface area (Å²) in [7, 11) is 0. The van der Waals surface area contributed by atoms with Crippen LogP contribution in [-0.4, -0.2) is 27.3 Å². The van der Waals surface area contributed by atoms with Gasteiger partial charge >= 0.3 is 5.97 Å². The average Bonchev–Trinajstić information content (AvgIpc) is 2.90. The van der Waals surface area contributed by atoms with E-state index in [9.17, 15) is 4.79 Å². The molecule has 0 saturated carbocycles. The van der Waals surface area contributed by atoms with E-state index in [-0.39, 0.29) is 5.92 Å². The second kappa shape index (κ2) is 9.50. The molecule has 2 N–H and O–H groups in total. The van der Waals surface area contributed by atoms with Crippen LogP contribution >= 0.6 is 0 Å². The number of carboxylic acid groups (broad SMARTS) is 1. The number of nitrogens with one attached hydrogen (secondary N) is 1. The number of carboxylic acids is 1. The maximum absolute atomic E-state index is 10.7. The monoisotopic (exact) mass is 297 g/mol. The Balaban J connectivity index is 2.19. The number of carbonyl (C=O) groups is 1. The summed E-state index contributed by atoms with van der Waals surface area (Å²) in [5.41, 5.74) is 0. The van der Waals surface area contributed by atoms with E-state index in [0.29, 0.717) is 24.9 Å². The van der Waals surface area contributed by atoms with Gasteiger partial charge in [-0.25, -0.2) is 0 Å². The summed E-state index contributed by atoms with van der Waals surface area (Å²) in [6.07, 6.45) is 5.60. The van der Waals surface area contributed by atoms with Gasteiger partial charge in [-0.3, -0.25) is 4.79 Å². The first-order chi connectivity index (χ1) is 10.0. The molecular formula is C15H27N3O3. The van der Waals surface area contributed by atoms with Crippen molar-refractivity contribution >= 4 is 5.97 Å². The number of aliphatic carboxylic acids is 1. The summed E-state index contributed by atoms with van der Waals surface area (Å²) in [4.78, 5) is 15.1. The van der Waals surface area contributed by atoms with Gasteiger partial charge in [0.15, 0.2) is 5.82 Å². The smallest absolute Gasteiger partial charge is 0.306 e. The molecule has 0 radical (unpaired) electrons. The molecule has 0 amide bonds. The largest absolute Gasteiger partial charge is 0.481 e. The van der Waals surface area contributed by atoms with Gasteiger partial charge in [-0.2, -0.15) is 4.98 Å². The van der Waals surface area contributed by atoms with E-state index in [1.807, 2.05) is 0 Å². The molecule has 1 aromatic heterocycles. The van der Waals surface area contributed by atoms with Crippen LogP contribution in [0.15, 0.2) is 4.52 Å². The first-order valence-electron chi connectivity index (χ1n) is 7.80. The quantitative estimate of drug-likeness (QED) is 0.653. The van der Waals surface area contributed by atoms with E-state index in [1.165, 1.54) is 0 Å². The number of hydrogen-bond donors (Lipinski definition) is 2. The lowest BCUT2D eigenvalue weighted by atomic mass is 10.0. The zero-order chi connectivity index (χ0) is 15.7. The molecule has 21 heavy (non-hydrogen) atoms. The zero-order valence-electron chi connectivity index (χ0n) is 13.3. The van der Waals surface area contributed by atoms with Crippen molar-refractivity contribution in [3.8, 4) is 0 Å². The maximum Gasteiger partial charge on any atom is 0.306 e. The summed E-state index contributed by atoms with van der Waals surface area (Å²) in [5.74, 6) is 0.402. The van der Waals surface area contributed by atoms with Crippen LogP contribution in [0.3, 0.4) is 0 Å². The number of aromatic nitrogens is 2. The number of nitrogens with zero attached hydrogens (tertiary/aromatic N) is 2. The highest BCUT2D eigenvalue weighted by Crippen LogP contribution is 2.10. The van der Waals surface area contributed by atoms with Gasteiger partial charge < -0.3 is 14.9 Å². The SMILES string of the molecule is CCCCc1noc(CNC(C)CCCC(C)C(=O)O)n1. The molecular weight excluding hydrogens is 270 g/mol. The topological polar surface area (TPSA) is 88.2 Å². The summed E-state index contributed by atoms with van der Waals surface area (Å²) in [6.45, 7) is 6.53. The number of aryl methyl sites for hydroxylation is 1. The molecule has 0 bridgehead atoms. The van der Waals surface area contributed by atoms with Gasteiger partial charge in [0.25, 0.3) is 0 Å². The Morgan fingerprint density at radius 2 is 2.10 bits per heavy atom. The summed E-state index contributed by atoms with van der Waals surface area (Å²) < 4.78 is 5.18. The minimum Gasteiger partial charge on any atom is -0.481 e. The van der Waals surface area contributed by atoms with Crippen LogP contribution in [0.1, 0.15) is 64.6 Å². The van der Waals surface area contributed by atoms with Crippen molar-refractivity contribution in [1.29, 1.82) is 0 Å². The lowest BCUT2D eigenvalue weighted by Crippen LogP contribution is -2.25. The molecule has 120 valence electrons. The third kappa shape index (κ3) is 7.22. The van der Waals surface area contributed by atoms with Crippen LogP contribution in [-0.2, 0) is 17.8 Å². The molecule has 0 aromatic carbocycles. The Kier molecular flexibility index (Phi) is 7.97. The first-order valence-corrected chi connectivity index (χ1v) is 7.80. The van der Waals surface area contributed by atoms with Crippen molar-refractivity contribution in [3.05, 3.63) is 11.7 Å². The third-order valence-corrected chi connectivity index (χ3v) is 3.56. The second-order valence-electron chi connectivity index (χ2n) is 5.66. The molecule has 1 aromatic rings. The molecule has 0 saturated heterocycles. The van der Waals surface area contributed by atoms with Gasteiger partial charge in [0.1, 0.15) is 0 Å². The van der Waals surface area contributed by atoms with Crippen LogP contribution in [0.25, 0.3) is 0 Å². The van der Waals surface area contributed by atoms with Gasteiger partial charge in [0.2, 0.25) is 5.89 Å². The minimum atomic E-state index is -0.721. The standard InChI is InChI=1S/C15H27N3O3/c1-4-5-9-13-17-14(21-18-13)10-16-12(3)8-6-7-11(2)15(19)20/h11-12,16H,4-10H2,1-3H3,(H,19,20). The number of hydrogen-bond acceptors (Lipinski definition) is 5. The lowest BCUT2D eigenvalue weighted by Gasteiger charge is -2.13. The fraction of sp³-hybridized carbons (Fsp3) is 0.800. The van der Waals surface area contributed by atoms with E-state index in [2.05, 4.69) is 29.3 Å². The minimum absolute atomic E-state index is 0.269. The van der Waals surface area contributed by atoms with Gasteiger partial charge in [0.05, 0.1) is 12.5 Å². The number of unbranched alkanes of at least 4 members (excludes halogenated alkanes) is 1. The van der Waals surface area contributed by atoms with E-state index in [4.69, 9.17) is 9.63 Å². The summed E-state index contributed by atoms with van der Waals surface area (Å²) in [6, 6.07) is 0.303. The van der Waals surface area contributed by atoms with Gasteiger partial charge in [-0.05, 0) is 26.2 Å². The molecule has 2 atom stereocenters. The molecule has 0 fully saturated rings. The zero-order valence-corrected chi connectivity index (χ0v) is 13.3. The van der Waals surface area contributed by atoms with Gasteiger partial charge in [-0.1, -0.05) is 31.8 Å². The van der Waals surface area contributed by atoms with Crippen LogP contribution < -0.4 is 5.32 Å². The molecule has 0 aliphatic heterocycles. The lowest BCUT2D eigenvalue weighted by molar-refractivity contribution is -0.141. The molecule has 2 unspecified atom stereocenters. The van der Waals surface area contributed by atoms with E-state index < -0.39 is 5.97 Å². The van der Waals surface area contributed by atoms with Crippen molar-refractivity contribution in [3.63, 3.8) is 0 Å². The normalized spacial score (nSPS) is 14.0. The molecule has 0 spiro atoms. The predicted octanol–water partition coefficient (Wildman–Crippen LogP) is 2.78. The van der Waals surface area contributed by atoms with E-state index >= 15 is 0 Å². The Bertz CT molecular complexity index is 420. The molecule has 0 aliphatic carbocycles. The molecule has 1 rings (SSSR count). The van der Waals surface area contributed by atoms with Crippen LogP contribution in [0, 0.1) is 5.92 Å². The van der Waals surface area contributed by atoms with E-state index in [0.717, 1.165) is 37.9 Å². The number of rotatable bonds is 11. The van der Waals surface area contributed by atoms with Crippen molar-refractivity contribution in [1.82, 2.24) is 15.5 Å². The fourth-order valence-corrected chi connectivity index (χ4v) is 2.02. The highest BCUT2D eigenvalue weighted by molar-refractivity contribution is 5.69. The van der Waals surface area contributed by atoms with Crippen molar-refractivity contribution in [2.75, 3.05) is 0 Å². The van der Waals surface area contributed by atoms with Crippen molar-refractivity contribution in [2.24, 2.45) is 5.92 Å². The van der Waals surface area contributed by atoms with Crippen molar-refractivity contribution in [2.45, 2.75) is 71.9 Å². The van der Waals surface area contributed by atoms with Crippen LogP contribution in [0.4, 0.5) is 0 Å². The summed E-state index contributed by atoms with van der Waals surface area (Å²) in [5, 5.41) is 16.1. The fourth-order valence-electron chi connectivity index (χ4n) is 2.02. The second-order valence-corrected chi connectivity index (χ2v) is 5.66. The molecule has 6 heteroatoms. The Morgan fingerprint density at radius 1 is 1.33 bits per heavy atom. The van der Waals surface area contributed by atoms with E-state index in [1.54, 1.807) is 6.92 Å². The average molecular weight is 297 g/mol. The Labute approximate surface area is 126 Å². The third-order valence-electron chi connectivity index (χ3n) is 3.56. The molecule has 0 aliphatic rings. The molecule has 1 heterocycles.